The summed E-state index contributed by atoms with van der Waals surface area (Å²) in [6.45, 7) is 3.23. The highest BCUT2D eigenvalue weighted by Crippen LogP contribution is 2.19. The maximum Gasteiger partial charge on any atom is 0.123 e. The lowest BCUT2D eigenvalue weighted by molar-refractivity contribution is 0.163. The van der Waals surface area contributed by atoms with Gasteiger partial charge in [-0.1, -0.05) is 15.9 Å². The van der Waals surface area contributed by atoms with Crippen LogP contribution in [0.25, 0.3) is 0 Å². The summed E-state index contributed by atoms with van der Waals surface area (Å²) in [5.74, 6) is -0.220. The van der Waals surface area contributed by atoms with E-state index in [2.05, 4.69) is 20.8 Å². The number of hydrogen-bond donors (Lipinski definition) is 1. The first-order valence-electron chi connectivity index (χ1n) is 5.29. The molecule has 0 amide bonds. The minimum atomic E-state index is -0.293. The number of aliphatic hydroxyl groups is 1. The predicted octanol–water partition coefficient (Wildman–Crippen LogP) is 2.79. The zero-order valence-electron chi connectivity index (χ0n) is 9.58. The molecule has 0 radical (unpaired) electrons. The van der Waals surface area contributed by atoms with Crippen LogP contribution >= 0.6 is 15.9 Å². The number of rotatable bonds is 5. The smallest absolute Gasteiger partial charge is 0.123 e. The van der Waals surface area contributed by atoms with E-state index in [9.17, 15) is 9.50 Å². The van der Waals surface area contributed by atoms with Crippen LogP contribution in [0.5, 0.6) is 0 Å². The van der Waals surface area contributed by atoms with Crippen LogP contribution < -0.4 is 0 Å². The van der Waals surface area contributed by atoms with Crippen molar-refractivity contribution in [3.8, 4) is 0 Å². The molecule has 0 aromatic heterocycles. The molecule has 0 aliphatic rings. The molecule has 2 nitrogen and oxygen atoms in total. The Balaban J connectivity index is 2.55. The molecule has 1 rings (SSSR count). The first-order valence-corrected chi connectivity index (χ1v) is 6.09. The van der Waals surface area contributed by atoms with Gasteiger partial charge < -0.3 is 10.0 Å². The van der Waals surface area contributed by atoms with Crippen LogP contribution in [0.1, 0.15) is 18.9 Å². The second-order valence-electron chi connectivity index (χ2n) is 4.11. The number of halogens is 2. The van der Waals surface area contributed by atoms with Gasteiger partial charge in [0.1, 0.15) is 5.82 Å². The molecule has 0 saturated heterocycles. The highest BCUT2D eigenvalue weighted by Gasteiger charge is 2.06. The molecule has 0 saturated carbocycles. The Labute approximate surface area is 104 Å². The normalized spacial score (nSPS) is 13.1. The van der Waals surface area contributed by atoms with Crippen molar-refractivity contribution in [1.82, 2.24) is 4.90 Å². The molecule has 0 heterocycles. The van der Waals surface area contributed by atoms with Crippen LogP contribution in [0, 0.1) is 5.82 Å². The summed E-state index contributed by atoms with van der Waals surface area (Å²) in [5, 5.41) is 9.17. The number of benzene rings is 1. The van der Waals surface area contributed by atoms with Crippen molar-refractivity contribution in [2.45, 2.75) is 26.0 Å². The SMILES string of the molecule is CC(O)CCN(C)Cc1cc(F)ccc1Br. The van der Waals surface area contributed by atoms with E-state index in [0.29, 0.717) is 6.54 Å². The maximum absolute atomic E-state index is 13.0. The number of hydrogen-bond acceptors (Lipinski definition) is 2. The average molecular weight is 290 g/mol. The van der Waals surface area contributed by atoms with E-state index in [1.807, 2.05) is 7.05 Å². The molecule has 1 aromatic carbocycles. The fourth-order valence-corrected chi connectivity index (χ4v) is 1.81. The van der Waals surface area contributed by atoms with Crippen LogP contribution in [0.3, 0.4) is 0 Å². The van der Waals surface area contributed by atoms with Gasteiger partial charge in [0.15, 0.2) is 0 Å². The van der Waals surface area contributed by atoms with Crippen LogP contribution in [0.2, 0.25) is 0 Å². The van der Waals surface area contributed by atoms with E-state index in [0.717, 1.165) is 23.0 Å². The molecule has 1 atom stereocenters. The zero-order chi connectivity index (χ0) is 12.1. The summed E-state index contributed by atoms with van der Waals surface area (Å²) >= 11 is 3.40. The van der Waals surface area contributed by atoms with E-state index in [-0.39, 0.29) is 11.9 Å². The number of nitrogens with zero attached hydrogens (tertiary/aromatic N) is 1. The molecule has 1 aromatic rings. The Morgan fingerprint density at radius 1 is 1.50 bits per heavy atom. The molecule has 0 fully saturated rings. The lowest BCUT2D eigenvalue weighted by Crippen LogP contribution is -2.22. The first-order chi connectivity index (χ1) is 7.49. The third-order valence-electron chi connectivity index (χ3n) is 2.38. The summed E-state index contributed by atoms with van der Waals surface area (Å²) in [6.07, 6.45) is 0.432. The van der Waals surface area contributed by atoms with Crippen molar-refractivity contribution in [3.63, 3.8) is 0 Å². The molecule has 0 aliphatic carbocycles. The van der Waals surface area contributed by atoms with Gasteiger partial charge in [-0.05, 0) is 44.2 Å². The molecule has 1 unspecified atom stereocenters. The lowest BCUT2D eigenvalue weighted by Gasteiger charge is -2.18. The summed E-state index contributed by atoms with van der Waals surface area (Å²) in [4.78, 5) is 2.06. The van der Waals surface area contributed by atoms with Crippen molar-refractivity contribution in [1.29, 1.82) is 0 Å². The molecule has 90 valence electrons. The second kappa shape index (κ2) is 6.33. The van der Waals surface area contributed by atoms with E-state index in [4.69, 9.17) is 0 Å². The van der Waals surface area contributed by atoms with Crippen molar-refractivity contribution in [3.05, 3.63) is 34.1 Å². The average Bonchev–Trinajstić information content (AvgIpc) is 2.20. The maximum atomic E-state index is 13.0. The Kier molecular flexibility index (Phi) is 5.38. The molecular weight excluding hydrogens is 273 g/mol. The summed E-state index contributed by atoms with van der Waals surface area (Å²) in [7, 11) is 1.96. The molecule has 0 spiro atoms. The lowest BCUT2D eigenvalue weighted by atomic mass is 10.2. The minimum absolute atomic E-state index is 0.220. The van der Waals surface area contributed by atoms with Crippen LogP contribution in [0.15, 0.2) is 22.7 Å². The molecule has 1 N–H and O–H groups in total. The van der Waals surface area contributed by atoms with Gasteiger partial charge in [0, 0.05) is 17.6 Å². The second-order valence-corrected chi connectivity index (χ2v) is 4.97. The van der Waals surface area contributed by atoms with Crippen LogP contribution in [-0.2, 0) is 6.54 Å². The van der Waals surface area contributed by atoms with Gasteiger partial charge >= 0.3 is 0 Å². The van der Waals surface area contributed by atoms with Gasteiger partial charge in [-0.3, -0.25) is 0 Å². The summed E-state index contributed by atoms with van der Waals surface area (Å²) in [5.41, 5.74) is 0.924. The van der Waals surface area contributed by atoms with Gasteiger partial charge in [0.2, 0.25) is 0 Å². The third-order valence-corrected chi connectivity index (χ3v) is 3.15. The number of aliphatic hydroxyl groups excluding tert-OH is 1. The van der Waals surface area contributed by atoms with E-state index in [1.165, 1.54) is 12.1 Å². The van der Waals surface area contributed by atoms with Crippen molar-refractivity contribution < 1.29 is 9.50 Å². The Hall–Kier alpha value is -0.450. The topological polar surface area (TPSA) is 23.5 Å². The zero-order valence-corrected chi connectivity index (χ0v) is 11.2. The predicted molar refractivity (Wildman–Crippen MR) is 66.7 cm³/mol. The molecule has 4 heteroatoms. The fourth-order valence-electron chi connectivity index (χ4n) is 1.44. The molecular formula is C12H17BrFNO. The Morgan fingerprint density at radius 2 is 2.19 bits per heavy atom. The van der Waals surface area contributed by atoms with Crippen molar-refractivity contribution in [2.24, 2.45) is 0 Å². The molecule has 0 aliphatic heterocycles. The first kappa shape index (κ1) is 13.6. The van der Waals surface area contributed by atoms with Crippen LogP contribution in [-0.4, -0.2) is 29.7 Å². The largest absolute Gasteiger partial charge is 0.393 e. The van der Waals surface area contributed by atoms with Gasteiger partial charge in [0.05, 0.1) is 6.10 Å². The van der Waals surface area contributed by atoms with Gasteiger partial charge in [-0.15, -0.1) is 0 Å². The van der Waals surface area contributed by atoms with E-state index in [1.54, 1.807) is 13.0 Å². The standard InChI is InChI=1S/C12H17BrFNO/c1-9(16)5-6-15(2)8-10-7-11(14)3-4-12(10)13/h3-4,7,9,16H,5-6,8H2,1-2H3. The fraction of sp³-hybridized carbons (Fsp3) is 0.500. The Bertz CT molecular complexity index is 344. The van der Waals surface area contributed by atoms with E-state index >= 15 is 0 Å². The summed E-state index contributed by atoms with van der Waals surface area (Å²) in [6, 6.07) is 4.68. The van der Waals surface area contributed by atoms with Gasteiger partial charge in [-0.25, -0.2) is 4.39 Å². The monoisotopic (exact) mass is 289 g/mol. The van der Waals surface area contributed by atoms with E-state index < -0.39 is 0 Å². The molecule has 0 bridgehead atoms. The minimum Gasteiger partial charge on any atom is -0.393 e. The highest BCUT2D eigenvalue weighted by molar-refractivity contribution is 9.10. The van der Waals surface area contributed by atoms with Gasteiger partial charge in [0.25, 0.3) is 0 Å². The summed E-state index contributed by atoms with van der Waals surface area (Å²) < 4.78 is 13.9. The highest BCUT2D eigenvalue weighted by atomic mass is 79.9. The van der Waals surface area contributed by atoms with Crippen LogP contribution in [0.4, 0.5) is 4.39 Å². The quantitative estimate of drug-likeness (QED) is 0.901. The van der Waals surface area contributed by atoms with Crippen molar-refractivity contribution >= 4 is 15.9 Å². The molecule has 16 heavy (non-hydrogen) atoms. The van der Waals surface area contributed by atoms with Crippen molar-refractivity contribution in [2.75, 3.05) is 13.6 Å². The van der Waals surface area contributed by atoms with Gasteiger partial charge in [-0.2, -0.15) is 0 Å². The third kappa shape index (κ3) is 4.60. The Morgan fingerprint density at radius 3 is 2.81 bits per heavy atom.